The van der Waals surface area contributed by atoms with E-state index in [2.05, 4.69) is 15.9 Å². The predicted octanol–water partition coefficient (Wildman–Crippen LogP) is 2.53. The van der Waals surface area contributed by atoms with Gasteiger partial charge in [-0.15, -0.1) is 0 Å². The third-order valence-electron chi connectivity index (χ3n) is 1.23. The fraction of sp³-hybridized carbons (Fsp3) is 0.889. The predicted molar refractivity (Wildman–Crippen MR) is 57.4 cm³/mol. The Morgan fingerprint density at radius 3 is 1.77 bits per heavy atom. The minimum absolute atomic E-state index is 0.160. The van der Waals surface area contributed by atoms with E-state index in [0.29, 0.717) is 0 Å². The molecule has 0 bridgehead atoms. The fourth-order valence-corrected chi connectivity index (χ4v) is 0.489. The van der Waals surface area contributed by atoms with Gasteiger partial charge in [0.1, 0.15) is 4.83 Å². The molecule has 13 heavy (non-hydrogen) atoms. The first kappa shape index (κ1) is 15.4. The van der Waals surface area contributed by atoms with Crippen LogP contribution in [0.2, 0.25) is 0 Å². The number of ether oxygens (including phenoxy) is 1. The van der Waals surface area contributed by atoms with Gasteiger partial charge in [0.25, 0.3) is 0 Å². The summed E-state index contributed by atoms with van der Waals surface area (Å²) in [6, 6.07) is 0. The third-order valence-corrected chi connectivity index (χ3v) is 2.68. The summed E-state index contributed by atoms with van der Waals surface area (Å²) in [5.74, 6) is -0.632. The molecule has 1 unspecified atom stereocenters. The first-order chi connectivity index (χ1) is 5.97. The monoisotopic (exact) mass is 254 g/mol. The quantitative estimate of drug-likeness (QED) is 0.785. The lowest BCUT2D eigenvalue weighted by Gasteiger charge is -2.05. The first-order valence-electron chi connectivity index (χ1n) is 4.41. The summed E-state index contributed by atoms with van der Waals surface area (Å²) in [5, 5.41) is 8.31. The molecule has 0 aliphatic carbocycles. The molecule has 0 heterocycles. The molecular formula is C9H19BrO3. The second kappa shape index (κ2) is 9.99. The van der Waals surface area contributed by atoms with E-state index in [1.807, 2.05) is 27.7 Å². The lowest BCUT2D eigenvalue weighted by Crippen LogP contribution is -2.18. The van der Waals surface area contributed by atoms with Crippen molar-refractivity contribution in [2.45, 2.75) is 32.5 Å². The van der Waals surface area contributed by atoms with Crippen LogP contribution >= 0.6 is 15.9 Å². The highest BCUT2D eigenvalue weighted by molar-refractivity contribution is 9.10. The second-order valence-corrected chi connectivity index (χ2v) is 3.75. The number of carboxylic acids is 1. The number of carboxylic acid groups (broad SMARTS) is 1. The Kier molecular flexibility index (Phi) is 11.8. The molecule has 0 aliphatic heterocycles. The minimum Gasteiger partial charge on any atom is -0.480 e. The summed E-state index contributed by atoms with van der Waals surface area (Å²) in [5.41, 5.74) is 0. The summed E-state index contributed by atoms with van der Waals surface area (Å²) < 4.78 is 4.83. The molecule has 0 amide bonds. The van der Waals surface area contributed by atoms with E-state index in [9.17, 15) is 4.79 Å². The molecular weight excluding hydrogens is 236 g/mol. The van der Waals surface area contributed by atoms with Crippen LogP contribution in [0, 0.1) is 5.92 Å². The smallest absolute Gasteiger partial charge is 0.317 e. The van der Waals surface area contributed by atoms with E-state index in [1.165, 1.54) is 0 Å². The van der Waals surface area contributed by atoms with Gasteiger partial charge >= 0.3 is 5.97 Å². The van der Waals surface area contributed by atoms with Crippen molar-refractivity contribution >= 4 is 21.9 Å². The van der Waals surface area contributed by atoms with E-state index >= 15 is 0 Å². The molecule has 3 nitrogen and oxygen atoms in total. The first-order valence-corrected chi connectivity index (χ1v) is 5.33. The number of aliphatic carboxylic acids is 1. The lowest BCUT2D eigenvalue weighted by molar-refractivity contribution is -0.136. The molecule has 0 saturated carbocycles. The van der Waals surface area contributed by atoms with Crippen LogP contribution in [0.4, 0.5) is 0 Å². The van der Waals surface area contributed by atoms with Gasteiger partial charge in [-0.3, -0.25) is 4.79 Å². The number of carbonyl (C=O) groups is 1. The Bertz CT molecular complexity index is 124. The number of alkyl halides is 1. The maximum Gasteiger partial charge on any atom is 0.317 e. The van der Waals surface area contributed by atoms with Crippen molar-refractivity contribution in [3.05, 3.63) is 0 Å². The molecule has 0 aromatic heterocycles. The Labute approximate surface area is 88.6 Å². The molecule has 1 N–H and O–H groups in total. The summed E-state index contributed by atoms with van der Waals surface area (Å²) in [7, 11) is 0. The van der Waals surface area contributed by atoms with Gasteiger partial charge in [-0.25, -0.2) is 0 Å². The molecule has 0 saturated heterocycles. The molecule has 0 radical (unpaired) electrons. The highest BCUT2D eigenvalue weighted by Crippen LogP contribution is 2.10. The molecule has 0 aliphatic rings. The van der Waals surface area contributed by atoms with Gasteiger partial charge in [0.05, 0.1) is 0 Å². The minimum atomic E-state index is -0.792. The normalized spacial score (nSPS) is 11.8. The van der Waals surface area contributed by atoms with Crippen LogP contribution in [-0.4, -0.2) is 29.1 Å². The van der Waals surface area contributed by atoms with Gasteiger partial charge in [-0.1, -0.05) is 29.8 Å². The summed E-state index contributed by atoms with van der Waals surface area (Å²) in [4.78, 5) is 9.69. The maximum absolute atomic E-state index is 10.1. The fourth-order valence-electron chi connectivity index (χ4n) is 0.489. The van der Waals surface area contributed by atoms with Crippen molar-refractivity contribution in [2.24, 2.45) is 5.92 Å². The van der Waals surface area contributed by atoms with Crippen LogP contribution in [0.25, 0.3) is 0 Å². The Morgan fingerprint density at radius 1 is 1.38 bits per heavy atom. The van der Waals surface area contributed by atoms with E-state index < -0.39 is 10.8 Å². The number of hydrogen-bond donors (Lipinski definition) is 1. The van der Waals surface area contributed by atoms with Crippen LogP contribution in [0.15, 0.2) is 0 Å². The van der Waals surface area contributed by atoms with E-state index in [0.717, 1.165) is 13.2 Å². The Balaban J connectivity index is 0. The molecule has 4 heteroatoms. The van der Waals surface area contributed by atoms with Gasteiger partial charge in [-0.2, -0.15) is 0 Å². The van der Waals surface area contributed by atoms with Crippen molar-refractivity contribution in [2.75, 3.05) is 13.2 Å². The van der Waals surface area contributed by atoms with Crippen molar-refractivity contribution in [1.82, 2.24) is 0 Å². The van der Waals surface area contributed by atoms with Crippen molar-refractivity contribution < 1.29 is 14.6 Å². The summed E-state index contributed by atoms with van der Waals surface area (Å²) in [6.45, 7) is 9.38. The standard InChI is InChI=1S/C5H9BrO2.C4H10O/c1-3(2)4(6)5(7)8;1-3-5-4-2/h3-4H,1-2H3,(H,7,8);3-4H2,1-2H3. The summed E-state index contributed by atoms with van der Waals surface area (Å²) >= 11 is 3.01. The second-order valence-electron chi connectivity index (χ2n) is 2.77. The van der Waals surface area contributed by atoms with Gasteiger partial charge in [0, 0.05) is 13.2 Å². The molecule has 0 rings (SSSR count). The van der Waals surface area contributed by atoms with Crippen LogP contribution in [0.1, 0.15) is 27.7 Å². The largest absolute Gasteiger partial charge is 0.480 e. The Hall–Kier alpha value is -0.0900. The molecule has 0 fully saturated rings. The SMILES string of the molecule is CC(C)C(Br)C(=O)O.CCOCC. The van der Waals surface area contributed by atoms with Gasteiger partial charge in [-0.05, 0) is 19.8 Å². The van der Waals surface area contributed by atoms with Crippen LogP contribution < -0.4 is 0 Å². The lowest BCUT2D eigenvalue weighted by atomic mass is 10.1. The molecule has 1 atom stereocenters. The van der Waals surface area contributed by atoms with Crippen molar-refractivity contribution in [3.63, 3.8) is 0 Å². The Morgan fingerprint density at radius 2 is 1.77 bits per heavy atom. The van der Waals surface area contributed by atoms with Crippen LogP contribution in [0.5, 0.6) is 0 Å². The number of hydrogen-bond acceptors (Lipinski definition) is 2. The molecule has 80 valence electrons. The van der Waals surface area contributed by atoms with Crippen molar-refractivity contribution in [1.29, 1.82) is 0 Å². The zero-order chi connectivity index (χ0) is 10.9. The number of halogens is 1. The molecule has 0 spiro atoms. The zero-order valence-corrected chi connectivity index (χ0v) is 10.3. The highest BCUT2D eigenvalue weighted by Gasteiger charge is 2.16. The topological polar surface area (TPSA) is 46.5 Å². The van der Waals surface area contributed by atoms with Gasteiger partial charge in [0.15, 0.2) is 0 Å². The van der Waals surface area contributed by atoms with Gasteiger partial charge in [0.2, 0.25) is 0 Å². The molecule has 0 aromatic carbocycles. The van der Waals surface area contributed by atoms with Crippen LogP contribution in [-0.2, 0) is 9.53 Å². The highest BCUT2D eigenvalue weighted by atomic mass is 79.9. The van der Waals surface area contributed by atoms with E-state index in [4.69, 9.17) is 9.84 Å². The van der Waals surface area contributed by atoms with E-state index in [-0.39, 0.29) is 5.92 Å². The van der Waals surface area contributed by atoms with Crippen LogP contribution in [0.3, 0.4) is 0 Å². The average Bonchev–Trinajstić information content (AvgIpc) is 2.05. The van der Waals surface area contributed by atoms with E-state index in [1.54, 1.807) is 0 Å². The zero-order valence-electron chi connectivity index (χ0n) is 8.71. The maximum atomic E-state index is 10.1. The third kappa shape index (κ3) is 11.9. The number of rotatable bonds is 4. The van der Waals surface area contributed by atoms with Crippen molar-refractivity contribution in [3.8, 4) is 0 Å². The molecule has 0 aromatic rings. The van der Waals surface area contributed by atoms with Gasteiger partial charge < -0.3 is 9.84 Å². The average molecular weight is 255 g/mol. The summed E-state index contributed by atoms with van der Waals surface area (Å²) in [6.07, 6.45) is 0.